The lowest BCUT2D eigenvalue weighted by Crippen LogP contribution is -1.77. The van der Waals surface area contributed by atoms with Crippen molar-refractivity contribution in [3.8, 4) is 0 Å². The zero-order valence-corrected chi connectivity index (χ0v) is 10.3. The van der Waals surface area contributed by atoms with Crippen molar-refractivity contribution in [3.63, 3.8) is 0 Å². The van der Waals surface area contributed by atoms with Crippen LogP contribution in [0.3, 0.4) is 0 Å². The molecule has 2 heteroatoms. The van der Waals surface area contributed by atoms with Crippen LogP contribution in [-0.4, -0.2) is 6.21 Å². The topological polar surface area (TPSA) is 12.4 Å². The summed E-state index contributed by atoms with van der Waals surface area (Å²) in [5, 5.41) is 0. The number of hydrogen-bond donors (Lipinski definition) is 0. The summed E-state index contributed by atoms with van der Waals surface area (Å²) >= 11 is 2.28. The van der Waals surface area contributed by atoms with E-state index in [1.165, 1.54) is 3.57 Å². The van der Waals surface area contributed by atoms with E-state index >= 15 is 0 Å². The molecule has 0 amide bonds. The maximum absolute atomic E-state index is 4.39. The van der Waals surface area contributed by atoms with E-state index in [0.717, 1.165) is 11.3 Å². The van der Waals surface area contributed by atoms with Gasteiger partial charge in [-0.05, 0) is 52.4 Å². The smallest absolute Gasteiger partial charge is 0.0630 e. The Morgan fingerprint density at radius 1 is 0.867 bits per heavy atom. The van der Waals surface area contributed by atoms with Gasteiger partial charge in [-0.2, -0.15) is 0 Å². The molecule has 0 aliphatic heterocycles. The molecule has 0 saturated heterocycles. The second-order valence-electron chi connectivity index (χ2n) is 3.15. The highest BCUT2D eigenvalue weighted by Gasteiger charge is 1.88. The van der Waals surface area contributed by atoms with Gasteiger partial charge in [-0.1, -0.05) is 30.3 Å². The molecule has 0 unspecified atom stereocenters. The second-order valence-corrected chi connectivity index (χ2v) is 4.39. The van der Waals surface area contributed by atoms with Gasteiger partial charge in [-0.25, -0.2) is 0 Å². The number of hydrogen-bond acceptors (Lipinski definition) is 1. The van der Waals surface area contributed by atoms with E-state index in [1.54, 1.807) is 0 Å². The van der Waals surface area contributed by atoms with Gasteiger partial charge in [-0.15, -0.1) is 0 Å². The van der Waals surface area contributed by atoms with Crippen LogP contribution in [-0.2, 0) is 0 Å². The zero-order chi connectivity index (χ0) is 10.5. The fraction of sp³-hybridized carbons (Fsp3) is 0. The van der Waals surface area contributed by atoms with Crippen molar-refractivity contribution >= 4 is 34.5 Å². The SMILES string of the molecule is Ic1ccc(/N=C/c2ccccc2)cc1. The minimum absolute atomic E-state index is 0.985. The van der Waals surface area contributed by atoms with E-state index in [2.05, 4.69) is 39.7 Å². The van der Waals surface area contributed by atoms with E-state index in [-0.39, 0.29) is 0 Å². The summed E-state index contributed by atoms with van der Waals surface area (Å²) in [4.78, 5) is 4.39. The van der Waals surface area contributed by atoms with Crippen LogP contribution in [0.2, 0.25) is 0 Å². The zero-order valence-electron chi connectivity index (χ0n) is 8.10. The molecule has 0 N–H and O–H groups in total. The van der Waals surface area contributed by atoms with E-state index in [1.807, 2.05) is 48.7 Å². The average molecular weight is 307 g/mol. The largest absolute Gasteiger partial charge is 0.256 e. The van der Waals surface area contributed by atoms with Gasteiger partial charge in [0, 0.05) is 9.78 Å². The van der Waals surface area contributed by atoms with Crippen LogP contribution in [0.5, 0.6) is 0 Å². The molecule has 2 aromatic carbocycles. The Balaban J connectivity index is 2.15. The first-order valence-electron chi connectivity index (χ1n) is 4.69. The van der Waals surface area contributed by atoms with Crippen LogP contribution >= 0.6 is 22.6 Å². The number of rotatable bonds is 2. The lowest BCUT2D eigenvalue weighted by molar-refractivity contribution is 1.51. The standard InChI is InChI=1S/C13H10IN/c14-12-6-8-13(9-7-12)15-10-11-4-2-1-3-5-11/h1-10H/b15-10+. The first-order chi connectivity index (χ1) is 7.34. The fourth-order valence-corrected chi connectivity index (χ4v) is 1.57. The van der Waals surface area contributed by atoms with Crippen molar-refractivity contribution in [2.24, 2.45) is 4.99 Å². The Morgan fingerprint density at radius 2 is 1.53 bits per heavy atom. The van der Waals surface area contributed by atoms with Crippen LogP contribution in [0.4, 0.5) is 5.69 Å². The quantitative estimate of drug-likeness (QED) is 0.586. The molecule has 15 heavy (non-hydrogen) atoms. The fourth-order valence-electron chi connectivity index (χ4n) is 1.22. The third-order valence-electron chi connectivity index (χ3n) is 1.99. The van der Waals surface area contributed by atoms with Crippen molar-refractivity contribution in [3.05, 3.63) is 63.7 Å². The van der Waals surface area contributed by atoms with E-state index < -0.39 is 0 Å². The van der Waals surface area contributed by atoms with Crippen molar-refractivity contribution in [2.75, 3.05) is 0 Å². The molecule has 0 aliphatic rings. The molecule has 0 radical (unpaired) electrons. The molecule has 0 saturated carbocycles. The Labute approximate surface area is 103 Å². The lowest BCUT2D eigenvalue weighted by atomic mass is 10.2. The van der Waals surface area contributed by atoms with Gasteiger partial charge < -0.3 is 0 Å². The lowest BCUT2D eigenvalue weighted by Gasteiger charge is -1.94. The molecule has 0 atom stereocenters. The Hall–Kier alpha value is -1.16. The second kappa shape index (κ2) is 5.07. The number of benzene rings is 2. The Kier molecular flexibility index (Phi) is 3.50. The number of aliphatic imine (C=N–C) groups is 1. The van der Waals surface area contributed by atoms with Gasteiger partial charge in [0.15, 0.2) is 0 Å². The molecule has 0 bridgehead atoms. The van der Waals surface area contributed by atoms with Crippen LogP contribution in [0.25, 0.3) is 0 Å². The van der Waals surface area contributed by atoms with Gasteiger partial charge in [0.25, 0.3) is 0 Å². The maximum Gasteiger partial charge on any atom is 0.0630 e. The summed E-state index contributed by atoms with van der Waals surface area (Å²) in [6.07, 6.45) is 1.88. The highest BCUT2D eigenvalue weighted by atomic mass is 127. The Bertz CT molecular complexity index is 446. The molecule has 0 fully saturated rings. The van der Waals surface area contributed by atoms with Crippen molar-refractivity contribution in [1.82, 2.24) is 0 Å². The minimum atomic E-state index is 0.985. The van der Waals surface area contributed by atoms with Gasteiger partial charge >= 0.3 is 0 Å². The molecule has 1 nitrogen and oxygen atoms in total. The Morgan fingerprint density at radius 3 is 2.20 bits per heavy atom. The molecule has 2 rings (SSSR count). The highest BCUT2D eigenvalue weighted by Crippen LogP contribution is 2.14. The molecular formula is C13H10IN. The monoisotopic (exact) mass is 307 g/mol. The normalized spacial score (nSPS) is 10.7. The summed E-state index contributed by atoms with van der Waals surface area (Å²) in [6, 6.07) is 18.2. The molecule has 0 aliphatic carbocycles. The molecule has 74 valence electrons. The van der Waals surface area contributed by atoms with Gasteiger partial charge in [0.05, 0.1) is 5.69 Å². The van der Waals surface area contributed by atoms with Gasteiger partial charge in [0.1, 0.15) is 0 Å². The number of nitrogens with zero attached hydrogens (tertiary/aromatic N) is 1. The van der Waals surface area contributed by atoms with Crippen molar-refractivity contribution < 1.29 is 0 Å². The summed E-state index contributed by atoms with van der Waals surface area (Å²) < 4.78 is 1.23. The van der Waals surface area contributed by atoms with Crippen LogP contribution in [0, 0.1) is 3.57 Å². The number of halogens is 1. The van der Waals surface area contributed by atoms with Crippen LogP contribution < -0.4 is 0 Å². The van der Waals surface area contributed by atoms with Crippen molar-refractivity contribution in [2.45, 2.75) is 0 Å². The predicted molar refractivity (Wildman–Crippen MR) is 72.9 cm³/mol. The van der Waals surface area contributed by atoms with Crippen LogP contribution in [0.1, 0.15) is 5.56 Å². The van der Waals surface area contributed by atoms with E-state index in [9.17, 15) is 0 Å². The third-order valence-corrected chi connectivity index (χ3v) is 2.71. The average Bonchev–Trinajstić information content (AvgIpc) is 2.30. The summed E-state index contributed by atoms with van der Waals surface area (Å²) in [5.41, 5.74) is 2.11. The third kappa shape index (κ3) is 3.16. The highest BCUT2D eigenvalue weighted by molar-refractivity contribution is 14.1. The van der Waals surface area contributed by atoms with Gasteiger partial charge in [-0.3, -0.25) is 4.99 Å². The molecule has 0 aromatic heterocycles. The summed E-state index contributed by atoms with van der Waals surface area (Å²) in [6.45, 7) is 0. The van der Waals surface area contributed by atoms with E-state index in [4.69, 9.17) is 0 Å². The predicted octanol–water partition coefficient (Wildman–Crippen LogP) is 4.04. The van der Waals surface area contributed by atoms with Crippen LogP contribution in [0.15, 0.2) is 59.6 Å². The minimum Gasteiger partial charge on any atom is -0.256 e. The summed E-state index contributed by atoms with van der Waals surface area (Å²) in [7, 11) is 0. The summed E-state index contributed by atoms with van der Waals surface area (Å²) in [5.74, 6) is 0. The molecular weight excluding hydrogens is 297 g/mol. The molecule has 0 spiro atoms. The molecule has 2 aromatic rings. The van der Waals surface area contributed by atoms with Gasteiger partial charge in [0.2, 0.25) is 0 Å². The van der Waals surface area contributed by atoms with E-state index in [0.29, 0.717) is 0 Å². The first kappa shape index (κ1) is 10.4. The first-order valence-corrected chi connectivity index (χ1v) is 5.77. The van der Waals surface area contributed by atoms with Crippen molar-refractivity contribution in [1.29, 1.82) is 0 Å². The molecule has 0 heterocycles. The maximum atomic E-state index is 4.39.